The summed E-state index contributed by atoms with van der Waals surface area (Å²) in [5.41, 5.74) is 0.409. The molecular formula is C21H23N5O4. The van der Waals surface area contributed by atoms with Crippen molar-refractivity contribution in [2.75, 3.05) is 43.1 Å². The number of nitrogens with one attached hydrogen (secondary N) is 2. The summed E-state index contributed by atoms with van der Waals surface area (Å²) in [6.07, 6.45) is 1.68. The first kappa shape index (κ1) is 19.8. The van der Waals surface area contributed by atoms with Gasteiger partial charge in [-0.3, -0.25) is 14.5 Å². The molecule has 30 heavy (non-hydrogen) atoms. The van der Waals surface area contributed by atoms with E-state index >= 15 is 0 Å². The maximum absolute atomic E-state index is 12.9. The predicted molar refractivity (Wildman–Crippen MR) is 110 cm³/mol. The molecule has 2 N–H and O–H groups in total. The second-order valence-electron chi connectivity index (χ2n) is 7.36. The molecule has 0 aliphatic carbocycles. The minimum atomic E-state index is -1.20. The van der Waals surface area contributed by atoms with E-state index in [1.165, 1.54) is 0 Å². The summed E-state index contributed by atoms with van der Waals surface area (Å²) in [7, 11) is 0. The van der Waals surface area contributed by atoms with Gasteiger partial charge in [-0.15, -0.1) is 0 Å². The van der Waals surface area contributed by atoms with Crippen LogP contribution in [0.2, 0.25) is 0 Å². The molecule has 156 valence electrons. The van der Waals surface area contributed by atoms with Gasteiger partial charge in [-0.1, -0.05) is 30.3 Å². The number of pyridine rings is 1. The van der Waals surface area contributed by atoms with Crippen LogP contribution < -0.4 is 15.5 Å². The van der Waals surface area contributed by atoms with Gasteiger partial charge in [0, 0.05) is 13.1 Å². The van der Waals surface area contributed by atoms with E-state index in [2.05, 4.69) is 20.5 Å². The molecule has 1 aromatic heterocycles. The molecule has 0 radical (unpaired) electrons. The molecule has 9 nitrogen and oxygen atoms in total. The molecule has 1 unspecified atom stereocenters. The molecule has 2 aromatic rings. The van der Waals surface area contributed by atoms with Crippen molar-refractivity contribution < 1.29 is 19.1 Å². The molecular weight excluding hydrogens is 386 g/mol. The molecule has 4 rings (SSSR count). The van der Waals surface area contributed by atoms with Gasteiger partial charge in [-0.05, 0) is 24.6 Å². The number of ether oxygens (including phenoxy) is 1. The number of imide groups is 1. The second kappa shape index (κ2) is 8.11. The standard InChI is InChI=1S/C21H23N5O4/c1-21(15-5-3-2-4-6-15)19(28)26(20(29)24-21)14-18(27)23-17-8-7-16(13-22-17)25-9-11-30-12-10-25/h2-8,13H,9-12,14H2,1H3,(H,24,29)(H,22,23,27). The highest BCUT2D eigenvalue weighted by atomic mass is 16.5. The first-order valence-corrected chi connectivity index (χ1v) is 9.75. The number of nitrogens with zero attached hydrogens (tertiary/aromatic N) is 3. The summed E-state index contributed by atoms with van der Waals surface area (Å²) in [5, 5.41) is 5.33. The highest BCUT2D eigenvalue weighted by Gasteiger charge is 2.49. The third-order valence-corrected chi connectivity index (χ3v) is 5.32. The number of carbonyl (C=O) groups excluding carboxylic acids is 3. The minimum Gasteiger partial charge on any atom is -0.378 e. The van der Waals surface area contributed by atoms with Crippen molar-refractivity contribution >= 4 is 29.4 Å². The monoisotopic (exact) mass is 409 g/mol. The lowest BCUT2D eigenvalue weighted by atomic mass is 9.92. The van der Waals surface area contributed by atoms with Crippen LogP contribution in [0.1, 0.15) is 12.5 Å². The highest BCUT2D eigenvalue weighted by molar-refractivity contribution is 6.10. The number of anilines is 2. The number of rotatable bonds is 5. The van der Waals surface area contributed by atoms with Crippen LogP contribution in [0.15, 0.2) is 48.7 Å². The fraction of sp³-hybridized carbons (Fsp3) is 0.333. The molecule has 0 bridgehead atoms. The van der Waals surface area contributed by atoms with E-state index in [1.54, 1.807) is 43.5 Å². The summed E-state index contributed by atoms with van der Waals surface area (Å²) < 4.78 is 5.34. The van der Waals surface area contributed by atoms with Crippen LogP contribution in [0.4, 0.5) is 16.3 Å². The van der Waals surface area contributed by atoms with Gasteiger partial charge in [0.15, 0.2) is 0 Å². The molecule has 2 aliphatic rings. The van der Waals surface area contributed by atoms with Gasteiger partial charge in [0.1, 0.15) is 17.9 Å². The lowest BCUT2D eigenvalue weighted by Gasteiger charge is -2.28. The van der Waals surface area contributed by atoms with Crippen LogP contribution in [0.5, 0.6) is 0 Å². The third-order valence-electron chi connectivity index (χ3n) is 5.32. The van der Waals surface area contributed by atoms with Crippen LogP contribution in [-0.4, -0.2) is 60.6 Å². The molecule has 0 spiro atoms. The van der Waals surface area contributed by atoms with Crippen molar-refractivity contribution in [1.29, 1.82) is 0 Å². The number of morpholine rings is 1. The van der Waals surface area contributed by atoms with E-state index < -0.39 is 23.4 Å². The number of urea groups is 1. The molecule has 2 aliphatic heterocycles. The molecule has 3 heterocycles. The predicted octanol–water partition coefficient (Wildman–Crippen LogP) is 1.32. The largest absolute Gasteiger partial charge is 0.378 e. The lowest BCUT2D eigenvalue weighted by Crippen LogP contribution is -2.42. The first-order valence-electron chi connectivity index (χ1n) is 9.75. The van der Waals surface area contributed by atoms with E-state index in [4.69, 9.17) is 4.74 Å². The Morgan fingerprint density at radius 3 is 2.57 bits per heavy atom. The van der Waals surface area contributed by atoms with Gasteiger partial charge in [0.25, 0.3) is 5.91 Å². The van der Waals surface area contributed by atoms with Crippen molar-refractivity contribution in [1.82, 2.24) is 15.2 Å². The fourth-order valence-electron chi connectivity index (χ4n) is 3.60. The lowest BCUT2D eigenvalue weighted by molar-refractivity contribution is -0.133. The summed E-state index contributed by atoms with van der Waals surface area (Å²) >= 11 is 0. The smallest absolute Gasteiger partial charge is 0.325 e. The zero-order chi connectivity index (χ0) is 21.1. The highest BCUT2D eigenvalue weighted by Crippen LogP contribution is 2.28. The van der Waals surface area contributed by atoms with E-state index in [1.807, 2.05) is 12.1 Å². The number of hydrogen-bond acceptors (Lipinski definition) is 6. The second-order valence-corrected chi connectivity index (χ2v) is 7.36. The Kier molecular flexibility index (Phi) is 5.37. The Morgan fingerprint density at radius 1 is 1.17 bits per heavy atom. The van der Waals surface area contributed by atoms with Crippen LogP contribution in [0.3, 0.4) is 0 Å². The van der Waals surface area contributed by atoms with Gasteiger partial charge in [-0.25, -0.2) is 9.78 Å². The van der Waals surface area contributed by atoms with Crippen LogP contribution in [-0.2, 0) is 19.9 Å². The average Bonchev–Trinajstić information content (AvgIpc) is 2.99. The molecule has 9 heteroatoms. The molecule has 2 saturated heterocycles. The molecule has 4 amide bonds. The topological polar surface area (TPSA) is 104 Å². The molecule has 0 saturated carbocycles. The van der Waals surface area contributed by atoms with Crippen molar-refractivity contribution in [2.24, 2.45) is 0 Å². The fourth-order valence-corrected chi connectivity index (χ4v) is 3.60. The third kappa shape index (κ3) is 3.84. The summed E-state index contributed by atoms with van der Waals surface area (Å²) in [6, 6.07) is 11.9. The van der Waals surface area contributed by atoms with E-state index in [0.29, 0.717) is 24.6 Å². The van der Waals surface area contributed by atoms with Crippen molar-refractivity contribution in [3.63, 3.8) is 0 Å². The van der Waals surface area contributed by atoms with E-state index in [0.717, 1.165) is 23.7 Å². The Morgan fingerprint density at radius 2 is 1.90 bits per heavy atom. The van der Waals surface area contributed by atoms with Gasteiger partial charge in [0.2, 0.25) is 5.91 Å². The molecule has 1 aromatic carbocycles. The maximum atomic E-state index is 12.9. The summed E-state index contributed by atoms with van der Waals surface area (Å²) in [6.45, 7) is 4.17. The molecule has 1 atom stereocenters. The van der Waals surface area contributed by atoms with Crippen LogP contribution in [0, 0.1) is 0 Å². The van der Waals surface area contributed by atoms with Crippen LogP contribution in [0.25, 0.3) is 0 Å². The maximum Gasteiger partial charge on any atom is 0.325 e. The Balaban J connectivity index is 1.39. The van der Waals surface area contributed by atoms with Crippen LogP contribution >= 0.6 is 0 Å². The number of hydrogen-bond donors (Lipinski definition) is 2. The van der Waals surface area contributed by atoms with Gasteiger partial charge in [0.05, 0.1) is 25.1 Å². The zero-order valence-corrected chi connectivity index (χ0v) is 16.6. The van der Waals surface area contributed by atoms with Gasteiger partial charge >= 0.3 is 6.03 Å². The van der Waals surface area contributed by atoms with Crippen molar-refractivity contribution in [3.8, 4) is 0 Å². The quantitative estimate of drug-likeness (QED) is 0.722. The molecule has 2 fully saturated rings. The average molecular weight is 409 g/mol. The first-order chi connectivity index (χ1) is 14.5. The van der Waals surface area contributed by atoms with Gasteiger partial charge < -0.3 is 20.3 Å². The van der Waals surface area contributed by atoms with E-state index in [-0.39, 0.29) is 6.54 Å². The Bertz CT molecular complexity index is 944. The zero-order valence-electron chi connectivity index (χ0n) is 16.6. The van der Waals surface area contributed by atoms with Crippen molar-refractivity contribution in [2.45, 2.75) is 12.5 Å². The van der Waals surface area contributed by atoms with Crippen molar-refractivity contribution in [3.05, 3.63) is 54.2 Å². The van der Waals surface area contributed by atoms with Gasteiger partial charge in [-0.2, -0.15) is 0 Å². The SMILES string of the molecule is CC1(c2ccccc2)NC(=O)N(CC(=O)Nc2ccc(N3CCOCC3)cn2)C1=O. The number of carbonyl (C=O) groups is 3. The number of benzene rings is 1. The normalized spacial score (nSPS) is 21.5. The minimum absolute atomic E-state index is 0.356. The Labute approximate surface area is 174 Å². The van der Waals surface area contributed by atoms with E-state index in [9.17, 15) is 14.4 Å². The summed E-state index contributed by atoms with van der Waals surface area (Å²) in [4.78, 5) is 45.0. The number of aromatic nitrogens is 1. The Hall–Kier alpha value is -3.46. The summed E-state index contributed by atoms with van der Waals surface area (Å²) in [5.74, 6) is -0.609. The number of amides is 4.